The molecule has 136 valence electrons. The van der Waals surface area contributed by atoms with Crippen molar-refractivity contribution in [3.05, 3.63) is 78.0 Å². The van der Waals surface area contributed by atoms with E-state index in [2.05, 4.69) is 85.2 Å². The Kier molecular flexibility index (Phi) is 6.71. The van der Waals surface area contributed by atoms with Gasteiger partial charge >= 0.3 is 0 Å². The lowest BCUT2D eigenvalue weighted by Crippen LogP contribution is -2.04. The zero-order valence-electron chi connectivity index (χ0n) is 16.2. The van der Waals surface area contributed by atoms with Crippen LogP contribution in [0.1, 0.15) is 63.6 Å². The molecule has 1 nitrogen and oxygen atoms in total. The summed E-state index contributed by atoms with van der Waals surface area (Å²) in [6, 6.07) is 21.9. The van der Waals surface area contributed by atoms with Gasteiger partial charge in [-0.3, -0.25) is 0 Å². The first-order valence-electron chi connectivity index (χ1n) is 10.1. The normalized spacial score (nSPS) is 12.0. The Morgan fingerprint density at radius 3 is 2.38 bits per heavy atom. The van der Waals surface area contributed by atoms with E-state index in [0.29, 0.717) is 0 Å². The molecule has 0 radical (unpaired) electrons. The summed E-state index contributed by atoms with van der Waals surface area (Å²) in [5, 5.41) is 1.34. The quantitative estimate of drug-likeness (QED) is 0.355. The van der Waals surface area contributed by atoms with E-state index in [0.717, 1.165) is 6.54 Å². The average molecular weight is 346 g/mol. The zero-order chi connectivity index (χ0) is 18.2. The van der Waals surface area contributed by atoms with Gasteiger partial charge in [0, 0.05) is 23.1 Å². The minimum absolute atomic E-state index is 0.927. The third kappa shape index (κ3) is 4.46. The summed E-state index contributed by atoms with van der Waals surface area (Å²) < 4.78 is 2.49. The van der Waals surface area contributed by atoms with Crippen LogP contribution >= 0.6 is 0 Å². The second-order valence-corrected chi connectivity index (χ2v) is 7.14. The fourth-order valence-corrected chi connectivity index (χ4v) is 3.75. The Morgan fingerprint density at radius 2 is 1.62 bits per heavy atom. The number of aromatic nitrogens is 1. The Labute approximate surface area is 158 Å². The standard InChI is InChI=1S/C25H31N/c1-3-5-6-7-11-16-22(4-2)25-19-23-17-12-13-18-24(23)26(25)20-21-14-9-8-10-15-21/h4,8-10,12-15,17-19H,3,5-7,11,16,20H2,1-2H3/b22-4+. The molecule has 1 aromatic heterocycles. The summed E-state index contributed by atoms with van der Waals surface area (Å²) in [5.74, 6) is 0. The number of hydrogen-bond acceptors (Lipinski definition) is 0. The molecule has 2 aromatic carbocycles. The van der Waals surface area contributed by atoms with Crippen LogP contribution in [0.5, 0.6) is 0 Å². The van der Waals surface area contributed by atoms with Gasteiger partial charge in [0.15, 0.2) is 0 Å². The lowest BCUT2D eigenvalue weighted by molar-refractivity contribution is 0.639. The molecule has 0 fully saturated rings. The number of fused-ring (bicyclic) bond motifs is 1. The molecule has 3 aromatic rings. The van der Waals surface area contributed by atoms with E-state index in [-0.39, 0.29) is 0 Å². The van der Waals surface area contributed by atoms with Crippen molar-refractivity contribution < 1.29 is 0 Å². The van der Waals surface area contributed by atoms with Gasteiger partial charge < -0.3 is 4.57 Å². The SMILES string of the molecule is C/C=C(\CCCCCCC)c1cc2ccccc2n1Cc1ccccc1. The molecular weight excluding hydrogens is 314 g/mol. The first-order chi connectivity index (χ1) is 12.8. The predicted octanol–water partition coefficient (Wildman–Crippen LogP) is 7.45. The van der Waals surface area contributed by atoms with E-state index in [1.807, 2.05) is 0 Å². The Hall–Kier alpha value is -2.28. The highest BCUT2D eigenvalue weighted by atomic mass is 15.0. The van der Waals surface area contributed by atoms with Crippen molar-refractivity contribution >= 4 is 16.5 Å². The smallest absolute Gasteiger partial charge is 0.0488 e. The maximum absolute atomic E-state index is 2.49. The van der Waals surface area contributed by atoms with Crippen LogP contribution in [-0.2, 0) is 6.54 Å². The average Bonchev–Trinajstić information content (AvgIpc) is 3.04. The second kappa shape index (κ2) is 9.43. The zero-order valence-corrected chi connectivity index (χ0v) is 16.2. The molecule has 1 heterocycles. The summed E-state index contributed by atoms with van der Waals surface area (Å²) in [6.45, 7) is 5.39. The minimum atomic E-state index is 0.927. The third-order valence-electron chi connectivity index (χ3n) is 5.22. The summed E-state index contributed by atoms with van der Waals surface area (Å²) in [6.07, 6.45) is 10.1. The van der Waals surface area contributed by atoms with Gasteiger partial charge in [0.25, 0.3) is 0 Å². The molecule has 0 atom stereocenters. The predicted molar refractivity (Wildman–Crippen MR) is 115 cm³/mol. The van der Waals surface area contributed by atoms with Crippen molar-refractivity contribution in [2.45, 2.75) is 58.9 Å². The van der Waals surface area contributed by atoms with E-state index in [4.69, 9.17) is 0 Å². The highest BCUT2D eigenvalue weighted by Crippen LogP contribution is 2.29. The van der Waals surface area contributed by atoms with Crippen molar-refractivity contribution in [1.29, 1.82) is 0 Å². The largest absolute Gasteiger partial charge is 0.336 e. The van der Waals surface area contributed by atoms with Crippen molar-refractivity contribution in [2.75, 3.05) is 0 Å². The van der Waals surface area contributed by atoms with Gasteiger partial charge in [-0.25, -0.2) is 0 Å². The number of rotatable bonds is 9. The molecule has 0 aliphatic heterocycles. The maximum Gasteiger partial charge on any atom is 0.0488 e. The van der Waals surface area contributed by atoms with Gasteiger partial charge in [0.1, 0.15) is 0 Å². The first kappa shape index (κ1) is 18.5. The molecule has 0 spiro atoms. The fraction of sp³-hybridized carbons (Fsp3) is 0.360. The van der Waals surface area contributed by atoms with Crippen LogP contribution in [0.25, 0.3) is 16.5 Å². The molecule has 0 amide bonds. The molecule has 0 N–H and O–H groups in total. The lowest BCUT2D eigenvalue weighted by atomic mass is 10.0. The summed E-state index contributed by atoms with van der Waals surface area (Å²) in [7, 11) is 0. The Bertz CT molecular complexity index is 839. The van der Waals surface area contributed by atoms with Crippen LogP contribution in [0.2, 0.25) is 0 Å². The Morgan fingerprint density at radius 1 is 0.885 bits per heavy atom. The van der Waals surface area contributed by atoms with Crippen molar-refractivity contribution in [3.63, 3.8) is 0 Å². The number of hydrogen-bond donors (Lipinski definition) is 0. The van der Waals surface area contributed by atoms with Gasteiger partial charge in [-0.15, -0.1) is 0 Å². The Balaban J connectivity index is 1.87. The second-order valence-electron chi connectivity index (χ2n) is 7.14. The molecule has 1 heteroatoms. The highest BCUT2D eigenvalue weighted by molar-refractivity contribution is 5.86. The van der Waals surface area contributed by atoms with Crippen molar-refractivity contribution in [1.82, 2.24) is 4.57 Å². The van der Waals surface area contributed by atoms with Crippen molar-refractivity contribution in [3.8, 4) is 0 Å². The van der Waals surface area contributed by atoms with Gasteiger partial charge in [0.2, 0.25) is 0 Å². The van der Waals surface area contributed by atoms with Crippen LogP contribution in [0.4, 0.5) is 0 Å². The van der Waals surface area contributed by atoms with Gasteiger partial charge in [-0.2, -0.15) is 0 Å². The molecule has 0 aliphatic carbocycles. The maximum atomic E-state index is 2.49. The van der Waals surface area contributed by atoms with Gasteiger partial charge in [0.05, 0.1) is 0 Å². The lowest BCUT2D eigenvalue weighted by Gasteiger charge is -2.14. The molecule has 0 saturated carbocycles. The molecular formula is C25H31N. The van der Waals surface area contributed by atoms with E-state index < -0.39 is 0 Å². The van der Waals surface area contributed by atoms with Crippen LogP contribution in [0, 0.1) is 0 Å². The van der Waals surface area contributed by atoms with Crippen LogP contribution in [-0.4, -0.2) is 4.57 Å². The summed E-state index contributed by atoms with van der Waals surface area (Å²) in [5.41, 5.74) is 5.55. The summed E-state index contributed by atoms with van der Waals surface area (Å²) in [4.78, 5) is 0. The number of unbranched alkanes of at least 4 members (excludes halogenated alkanes) is 4. The van der Waals surface area contributed by atoms with E-state index in [9.17, 15) is 0 Å². The van der Waals surface area contributed by atoms with Crippen LogP contribution in [0.3, 0.4) is 0 Å². The molecule has 0 bridgehead atoms. The van der Waals surface area contributed by atoms with Gasteiger partial charge in [-0.1, -0.05) is 87.2 Å². The first-order valence-corrected chi connectivity index (χ1v) is 10.1. The van der Waals surface area contributed by atoms with Crippen LogP contribution in [0.15, 0.2) is 66.7 Å². The van der Waals surface area contributed by atoms with E-state index in [1.54, 1.807) is 0 Å². The van der Waals surface area contributed by atoms with Crippen molar-refractivity contribution in [2.24, 2.45) is 0 Å². The fourth-order valence-electron chi connectivity index (χ4n) is 3.75. The van der Waals surface area contributed by atoms with E-state index in [1.165, 1.54) is 66.3 Å². The molecule has 0 unspecified atom stereocenters. The number of allylic oxidation sites excluding steroid dienone is 2. The topological polar surface area (TPSA) is 4.93 Å². The number of nitrogens with zero attached hydrogens (tertiary/aromatic N) is 1. The van der Waals surface area contributed by atoms with E-state index >= 15 is 0 Å². The van der Waals surface area contributed by atoms with Gasteiger partial charge in [-0.05, 0) is 43.0 Å². The molecule has 0 aliphatic rings. The molecule has 26 heavy (non-hydrogen) atoms. The van der Waals surface area contributed by atoms with Crippen LogP contribution < -0.4 is 0 Å². The minimum Gasteiger partial charge on any atom is -0.336 e. The molecule has 0 saturated heterocycles. The number of benzene rings is 2. The highest BCUT2D eigenvalue weighted by Gasteiger charge is 2.12. The number of para-hydroxylation sites is 1. The monoisotopic (exact) mass is 345 g/mol. The third-order valence-corrected chi connectivity index (χ3v) is 5.22. The molecule has 3 rings (SSSR count). The summed E-state index contributed by atoms with van der Waals surface area (Å²) >= 11 is 0.